The van der Waals surface area contributed by atoms with Crippen molar-refractivity contribution >= 4 is 29.2 Å². The summed E-state index contributed by atoms with van der Waals surface area (Å²) in [6.45, 7) is 1.73. The second-order valence-electron chi connectivity index (χ2n) is 4.81. The third kappa shape index (κ3) is 4.23. The monoisotopic (exact) mass is 317 g/mol. The van der Waals surface area contributed by atoms with Gasteiger partial charge in [0.05, 0.1) is 6.54 Å². The Bertz CT molecular complexity index is 716. The fourth-order valence-electron chi connectivity index (χ4n) is 2.01. The largest absolute Gasteiger partial charge is 0.352 e. The highest BCUT2D eigenvalue weighted by atomic mass is 35.5. The average molecular weight is 318 g/mol. The molecule has 0 fully saturated rings. The lowest BCUT2D eigenvalue weighted by Crippen LogP contribution is -2.36. The van der Waals surface area contributed by atoms with Crippen LogP contribution >= 0.6 is 11.6 Å². The summed E-state index contributed by atoms with van der Waals surface area (Å²) in [5, 5.41) is 5.63. The van der Waals surface area contributed by atoms with E-state index in [1.165, 1.54) is 0 Å². The second-order valence-corrected chi connectivity index (χ2v) is 5.24. The lowest BCUT2D eigenvalue weighted by molar-refractivity contribution is -0.115. The number of halogens is 1. The quantitative estimate of drug-likeness (QED) is 0.810. The first-order valence-electron chi connectivity index (χ1n) is 6.65. The molecule has 0 saturated carbocycles. The van der Waals surface area contributed by atoms with Crippen molar-refractivity contribution in [3.05, 3.63) is 53.1 Å². The van der Waals surface area contributed by atoms with Gasteiger partial charge in [0.15, 0.2) is 0 Å². The van der Waals surface area contributed by atoms with Crippen molar-refractivity contribution in [2.24, 2.45) is 5.73 Å². The summed E-state index contributed by atoms with van der Waals surface area (Å²) in [4.78, 5) is 22.2. The topological polar surface area (TPSA) is 84.2 Å². The Morgan fingerprint density at radius 3 is 2.50 bits per heavy atom. The molecule has 0 unspecified atom stereocenters. The third-order valence-corrected chi connectivity index (χ3v) is 3.32. The molecular formula is C16H16ClN3O2. The number of urea groups is 1. The molecule has 0 aliphatic carbocycles. The number of primary amides is 1. The number of benzene rings is 2. The van der Waals surface area contributed by atoms with Gasteiger partial charge in [-0.2, -0.15) is 0 Å². The first-order valence-corrected chi connectivity index (χ1v) is 7.03. The van der Waals surface area contributed by atoms with Crippen molar-refractivity contribution in [3.63, 3.8) is 0 Å². The van der Waals surface area contributed by atoms with Crippen molar-refractivity contribution in [2.75, 3.05) is 11.9 Å². The number of nitrogens with one attached hydrogen (secondary N) is 2. The number of amides is 3. The highest BCUT2D eigenvalue weighted by Crippen LogP contribution is 2.26. The van der Waals surface area contributed by atoms with Crippen LogP contribution in [0.15, 0.2) is 42.5 Å². The molecule has 2 aromatic carbocycles. The maximum absolute atomic E-state index is 11.7. The van der Waals surface area contributed by atoms with Gasteiger partial charge in [0.1, 0.15) is 0 Å². The summed E-state index contributed by atoms with van der Waals surface area (Å²) in [5.41, 5.74) is 8.52. The van der Waals surface area contributed by atoms with E-state index in [0.29, 0.717) is 10.7 Å². The van der Waals surface area contributed by atoms with E-state index in [1.807, 2.05) is 49.4 Å². The highest BCUT2D eigenvalue weighted by molar-refractivity contribution is 6.30. The van der Waals surface area contributed by atoms with E-state index in [0.717, 1.165) is 16.7 Å². The van der Waals surface area contributed by atoms with Crippen molar-refractivity contribution in [3.8, 4) is 11.1 Å². The number of nitrogens with two attached hydrogens (primary N) is 1. The molecule has 0 bridgehead atoms. The summed E-state index contributed by atoms with van der Waals surface area (Å²) < 4.78 is 0. The standard InChI is InChI=1S/C16H16ClN3O2/c1-10-7-12(11-3-2-4-13(17)8-11)5-6-14(10)20-15(21)9-19-16(18)22/h2-8H,9H2,1H3,(H,20,21)(H3,18,19,22). The van der Waals surface area contributed by atoms with E-state index in [1.54, 1.807) is 0 Å². The van der Waals surface area contributed by atoms with Gasteiger partial charge in [0.25, 0.3) is 0 Å². The molecule has 0 aromatic heterocycles. The molecule has 0 aliphatic rings. The highest BCUT2D eigenvalue weighted by Gasteiger charge is 2.07. The predicted molar refractivity (Wildman–Crippen MR) is 87.8 cm³/mol. The number of hydrogen-bond acceptors (Lipinski definition) is 2. The minimum Gasteiger partial charge on any atom is -0.352 e. The zero-order valence-electron chi connectivity index (χ0n) is 12.0. The van der Waals surface area contributed by atoms with Crippen molar-refractivity contribution in [2.45, 2.75) is 6.92 Å². The van der Waals surface area contributed by atoms with Gasteiger partial charge in [-0.1, -0.05) is 29.8 Å². The number of aryl methyl sites for hydroxylation is 1. The summed E-state index contributed by atoms with van der Waals surface area (Å²) in [7, 11) is 0. The van der Waals surface area contributed by atoms with E-state index in [9.17, 15) is 9.59 Å². The van der Waals surface area contributed by atoms with Crippen molar-refractivity contribution < 1.29 is 9.59 Å². The molecule has 0 heterocycles. The van der Waals surface area contributed by atoms with Crippen LogP contribution < -0.4 is 16.4 Å². The van der Waals surface area contributed by atoms with Gasteiger partial charge in [-0.25, -0.2) is 4.79 Å². The molecule has 2 rings (SSSR count). The molecule has 0 spiro atoms. The summed E-state index contributed by atoms with van der Waals surface area (Å²) in [6.07, 6.45) is 0. The lowest BCUT2D eigenvalue weighted by atomic mass is 10.0. The maximum atomic E-state index is 11.7. The van der Waals surface area contributed by atoms with Gasteiger partial charge in [0.2, 0.25) is 5.91 Å². The van der Waals surface area contributed by atoms with Crippen LogP contribution in [0.4, 0.5) is 10.5 Å². The summed E-state index contributed by atoms with van der Waals surface area (Å²) in [6, 6.07) is 12.5. The SMILES string of the molecule is Cc1cc(-c2cccc(Cl)c2)ccc1NC(=O)CNC(N)=O. The van der Waals surface area contributed by atoms with Crippen molar-refractivity contribution in [1.29, 1.82) is 0 Å². The van der Waals surface area contributed by atoms with Crippen LogP contribution in [0, 0.1) is 6.92 Å². The first-order chi connectivity index (χ1) is 10.5. The number of rotatable bonds is 4. The molecule has 0 atom stereocenters. The maximum Gasteiger partial charge on any atom is 0.312 e. The first kappa shape index (κ1) is 15.9. The molecule has 0 saturated heterocycles. The van der Waals surface area contributed by atoms with E-state index >= 15 is 0 Å². The van der Waals surface area contributed by atoms with Gasteiger partial charge in [0, 0.05) is 10.7 Å². The van der Waals surface area contributed by atoms with Gasteiger partial charge >= 0.3 is 6.03 Å². The molecule has 4 N–H and O–H groups in total. The fourth-order valence-corrected chi connectivity index (χ4v) is 2.20. The Kier molecular flexibility index (Phi) is 5.01. The summed E-state index contributed by atoms with van der Waals surface area (Å²) in [5.74, 6) is -0.336. The third-order valence-electron chi connectivity index (χ3n) is 3.08. The van der Waals surface area contributed by atoms with Crippen LogP contribution in [0.5, 0.6) is 0 Å². The number of anilines is 1. The van der Waals surface area contributed by atoms with Crippen LogP contribution in [0.1, 0.15) is 5.56 Å². The van der Waals surface area contributed by atoms with Crippen molar-refractivity contribution in [1.82, 2.24) is 5.32 Å². The van der Waals surface area contributed by atoms with E-state index in [-0.39, 0.29) is 12.5 Å². The van der Waals surface area contributed by atoms with Crippen LogP contribution in [-0.2, 0) is 4.79 Å². The molecule has 22 heavy (non-hydrogen) atoms. The molecule has 5 nitrogen and oxygen atoms in total. The Balaban J connectivity index is 2.13. The Morgan fingerprint density at radius 2 is 1.86 bits per heavy atom. The smallest absolute Gasteiger partial charge is 0.312 e. The molecule has 6 heteroatoms. The molecule has 2 aromatic rings. The molecule has 114 valence electrons. The van der Waals surface area contributed by atoms with Crippen LogP contribution in [-0.4, -0.2) is 18.5 Å². The Labute approximate surface area is 133 Å². The Hall–Kier alpha value is -2.53. The van der Waals surface area contributed by atoms with Gasteiger partial charge < -0.3 is 16.4 Å². The number of carbonyl (C=O) groups excluding carboxylic acids is 2. The molecule has 3 amide bonds. The molecular weight excluding hydrogens is 302 g/mol. The number of hydrogen-bond donors (Lipinski definition) is 3. The minimum atomic E-state index is -0.733. The zero-order chi connectivity index (χ0) is 16.1. The lowest BCUT2D eigenvalue weighted by Gasteiger charge is -2.11. The Morgan fingerprint density at radius 1 is 1.14 bits per heavy atom. The minimum absolute atomic E-state index is 0.162. The molecule has 0 radical (unpaired) electrons. The van der Waals surface area contributed by atoms with Crippen LogP contribution in [0.25, 0.3) is 11.1 Å². The van der Waals surface area contributed by atoms with Crippen LogP contribution in [0.3, 0.4) is 0 Å². The van der Waals surface area contributed by atoms with Gasteiger partial charge in [-0.15, -0.1) is 0 Å². The molecule has 0 aliphatic heterocycles. The fraction of sp³-hybridized carbons (Fsp3) is 0.125. The van der Waals surface area contributed by atoms with E-state index in [4.69, 9.17) is 17.3 Å². The second kappa shape index (κ2) is 6.95. The van der Waals surface area contributed by atoms with E-state index < -0.39 is 6.03 Å². The summed E-state index contributed by atoms with van der Waals surface area (Å²) >= 11 is 5.99. The zero-order valence-corrected chi connectivity index (χ0v) is 12.8. The van der Waals surface area contributed by atoms with Gasteiger partial charge in [-0.3, -0.25) is 4.79 Å². The number of carbonyl (C=O) groups is 2. The predicted octanol–water partition coefficient (Wildman–Crippen LogP) is 2.92. The van der Waals surface area contributed by atoms with Crippen LogP contribution in [0.2, 0.25) is 5.02 Å². The normalized spacial score (nSPS) is 10.1. The average Bonchev–Trinajstić information content (AvgIpc) is 2.47. The van der Waals surface area contributed by atoms with E-state index in [2.05, 4.69) is 10.6 Å². The van der Waals surface area contributed by atoms with Gasteiger partial charge in [-0.05, 0) is 47.9 Å².